The summed E-state index contributed by atoms with van der Waals surface area (Å²) in [5, 5.41) is 6.26. The smallest absolute Gasteiger partial charge is 0.191 e. The average Bonchev–Trinajstić information content (AvgIpc) is 2.62. The molecular weight excluding hydrogens is 348 g/mol. The lowest BCUT2D eigenvalue weighted by Gasteiger charge is -2.24. The number of hydrogen-bond donors (Lipinski definition) is 2. The molecule has 0 spiro atoms. The van der Waals surface area contributed by atoms with Crippen LogP contribution in [-0.4, -0.2) is 63.5 Å². The topological polar surface area (TPSA) is 73.8 Å². The fraction of sp³-hybridized carbons (Fsp3) is 0.632. The molecule has 6 nitrogen and oxygen atoms in total. The van der Waals surface area contributed by atoms with Crippen LogP contribution in [0.5, 0.6) is 0 Å². The molecular formula is C19H34N4O2S. The van der Waals surface area contributed by atoms with Gasteiger partial charge in [-0.1, -0.05) is 37.3 Å². The molecule has 0 radical (unpaired) electrons. The Labute approximate surface area is 159 Å². The van der Waals surface area contributed by atoms with Crippen molar-refractivity contribution in [3.63, 3.8) is 0 Å². The van der Waals surface area contributed by atoms with Gasteiger partial charge in [0.1, 0.15) is 0 Å². The summed E-state index contributed by atoms with van der Waals surface area (Å²) in [6.45, 7) is 8.60. The zero-order valence-corrected chi connectivity index (χ0v) is 17.3. The number of sulfone groups is 1. The van der Waals surface area contributed by atoms with Gasteiger partial charge in [-0.3, -0.25) is 9.89 Å². The first kappa shape index (κ1) is 22.4. The summed E-state index contributed by atoms with van der Waals surface area (Å²) >= 11 is 0. The minimum atomic E-state index is -2.96. The monoisotopic (exact) mass is 382 g/mol. The van der Waals surface area contributed by atoms with Crippen LogP contribution in [0.3, 0.4) is 0 Å². The van der Waals surface area contributed by atoms with E-state index in [1.165, 1.54) is 5.56 Å². The Kier molecular flexibility index (Phi) is 10.3. The van der Waals surface area contributed by atoms with Crippen molar-refractivity contribution in [2.45, 2.75) is 39.8 Å². The van der Waals surface area contributed by atoms with Gasteiger partial charge in [0.2, 0.25) is 0 Å². The number of aliphatic imine (C=N–C) groups is 1. The van der Waals surface area contributed by atoms with E-state index in [-0.39, 0.29) is 11.5 Å². The van der Waals surface area contributed by atoms with Crippen LogP contribution >= 0.6 is 0 Å². The highest BCUT2D eigenvalue weighted by atomic mass is 32.2. The molecule has 1 atom stereocenters. The molecule has 0 aliphatic rings. The number of hydrogen-bond acceptors (Lipinski definition) is 4. The molecule has 0 heterocycles. The van der Waals surface area contributed by atoms with E-state index in [0.717, 1.165) is 19.5 Å². The van der Waals surface area contributed by atoms with Crippen molar-refractivity contribution in [3.8, 4) is 0 Å². The molecule has 0 bridgehead atoms. The molecule has 0 saturated carbocycles. The second-order valence-electron chi connectivity index (χ2n) is 6.46. The highest BCUT2D eigenvalue weighted by Gasteiger charge is 2.10. The van der Waals surface area contributed by atoms with E-state index >= 15 is 0 Å². The Balaban J connectivity index is 2.43. The molecule has 1 unspecified atom stereocenters. The first-order valence-electron chi connectivity index (χ1n) is 9.34. The van der Waals surface area contributed by atoms with Crippen LogP contribution < -0.4 is 10.6 Å². The zero-order chi connectivity index (χ0) is 19.4. The summed E-state index contributed by atoms with van der Waals surface area (Å²) in [5.41, 5.74) is 1.30. The van der Waals surface area contributed by atoms with Gasteiger partial charge in [-0.25, -0.2) is 8.42 Å². The summed E-state index contributed by atoms with van der Waals surface area (Å²) in [5.74, 6) is 0.981. The van der Waals surface area contributed by atoms with Crippen molar-refractivity contribution in [1.29, 1.82) is 0 Å². The van der Waals surface area contributed by atoms with Crippen molar-refractivity contribution < 1.29 is 8.42 Å². The van der Waals surface area contributed by atoms with Crippen molar-refractivity contribution in [2.75, 3.05) is 38.2 Å². The predicted octanol–water partition coefficient (Wildman–Crippen LogP) is 1.89. The zero-order valence-electron chi connectivity index (χ0n) is 16.5. The fourth-order valence-electron chi connectivity index (χ4n) is 2.42. The molecule has 1 aromatic carbocycles. The molecule has 7 heteroatoms. The Morgan fingerprint density at radius 2 is 1.88 bits per heavy atom. The third kappa shape index (κ3) is 9.20. The van der Waals surface area contributed by atoms with Crippen LogP contribution in [0.25, 0.3) is 0 Å². The Morgan fingerprint density at radius 3 is 2.50 bits per heavy atom. The molecule has 0 aliphatic heterocycles. The van der Waals surface area contributed by atoms with Gasteiger partial charge in [0, 0.05) is 38.0 Å². The maximum atomic E-state index is 11.6. The minimum absolute atomic E-state index is 0.129. The molecule has 0 fully saturated rings. The van der Waals surface area contributed by atoms with Gasteiger partial charge in [-0.2, -0.15) is 0 Å². The SMILES string of the molecule is CCNC(=NCCC(C)N(C)Cc1ccccc1)NCCS(=O)(=O)CC. The van der Waals surface area contributed by atoms with Crippen LogP contribution in [-0.2, 0) is 16.4 Å². The Bertz CT molecular complexity index is 632. The molecule has 0 aromatic heterocycles. The largest absolute Gasteiger partial charge is 0.357 e. The first-order valence-corrected chi connectivity index (χ1v) is 11.2. The highest BCUT2D eigenvalue weighted by molar-refractivity contribution is 7.91. The van der Waals surface area contributed by atoms with Gasteiger partial charge >= 0.3 is 0 Å². The van der Waals surface area contributed by atoms with Gasteiger partial charge in [0.05, 0.1) is 5.75 Å². The molecule has 148 valence electrons. The summed E-state index contributed by atoms with van der Waals surface area (Å²) in [7, 11) is -0.832. The number of nitrogens with zero attached hydrogens (tertiary/aromatic N) is 2. The molecule has 1 aromatic rings. The second kappa shape index (κ2) is 11.9. The van der Waals surface area contributed by atoms with Gasteiger partial charge in [-0.15, -0.1) is 0 Å². The van der Waals surface area contributed by atoms with Gasteiger partial charge in [0.25, 0.3) is 0 Å². The van der Waals surface area contributed by atoms with E-state index in [1.54, 1.807) is 6.92 Å². The van der Waals surface area contributed by atoms with E-state index in [4.69, 9.17) is 0 Å². The highest BCUT2D eigenvalue weighted by Crippen LogP contribution is 2.08. The van der Waals surface area contributed by atoms with E-state index in [2.05, 4.69) is 58.8 Å². The third-order valence-corrected chi connectivity index (χ3v) is 6.04. The normalized spacial score (nSPS) is 13.7. The Morgan fingerprint density at radius 1 is 1.19 bits per heavy atom. The van der Waals surface area contributed by atoms with Crippen molar-refractivity contribution >= 4 is 15.8 Å². The molecule has 0 saturated heterocycles. The summed E-state index contributed by atoms with van der Waals surface area (Å²) in [6.07, 6.45) is 0.938. The Hall–Kier alpha value is -1.60. The molecule has 0 amide bonds. The maximum Gasteiger partial charge on any atom is 0.191 e. The fourth-order valence-corrected chi connectivity index (χ4v) is 3.12. The number of guanidine groups is 1. The standard InChI is InChI=1S/C19H34N4O2S/c1-5-20-19(22-14-15-26(24,25)6-2)21-13-12-17(3)23(4)16-18-10-8-7-9-11-18/h7-11,17H,5-6,12-16H2,1-4H3,(H2,20,21,22). The maximum absolute atomic E-state index is 11.6. The van der Waals surface area contributed by atoms with Crippen LogP contribution in [0, 0.1) is 0 Å². The summed E-state index contributed by atoms with van der Waals surface area (Å²) in [6, 6.07) is 10.8. The van der Waals surface area contributed by atoms with E-state index in [9.17, 15) is 8.42 Å². The summed E-state index contributed by atoms with van der Waals surface area (Å²) < 4.78 is 23.1. The molecule has 2 N–H and O–H groups in total. The lowest BCUT2D eigenvalue weighted by molar-refractivity contribution is 0.240. The van der Waals surface area contributed by atoms with Crippen molar-refractivity contribution in [3.05, 3.63) is 35.9 Å². The summed E-state index contributed by atoms with van der Waals surface area (Å²) in [4.78, 5) is 6.88. The first-order chi connectivity index (χ1) is 12.4. The lowest BCUT2D eigenvalue weighted by Crippen LogP contribution is -2.40. The number of benzene rings is 1. The average molecular weight is 383 g/mol. The van der Waals surface area contributed by atoms with Crippen LogP contribution in [0.4, 0.5) is 0 Å². The van der Waals surface area contributed by atoms with E-state index in [1.807, 2.05) is 13.0 Å². The molecule has 26 heavy (non-hydrogen) atoms. The van der Waals surface area contributed by atoms with Gasteiger partial charge < -0.3 is 10.6 Å². The van der Waals surface area contributed by atoms with E-state index < -0.39 is 9.84 Å². The molecule has 0 aliphatic carbocycles. The number of nitrogens with one attached hydrogen (secondary N) is 2. The predicted molar refractivity (Wildman–Crippen MR) is 110 cm³/mol. The van der Waals surface area contributed by atoms with Crippen molar-refractivity contribution in [1.82, 2.24) is 15.5 Å². The second-order valence-corrected chi connectivity index (χ2v) is 8.93. The third-order valence-electron chi connectivity index (χ3n) is 4.33. The van der Waals surface area contributed by atoms with Crippen LogP contribution in [0.15, 0.2) is 35.3 Å². The minimum Gasteiger partial charge on any atom is -0.357 e. The van der Waals surface area contributed by atoms with Gasteiger partial charge in [-0.05, 0) is 32.9 Å². The lowest BCUT2D eigenvalue weighted by atomic mass is 10.1. The molecule has 1 rings (SSSR count). The van der Waals surface area contributed by atoms with Gasteiger partial charge in [0.15, 0.2) is 15.8 Å². The van der Waals surface area contributed by atoms with E-state index in [0.29, 0.717) is 25.1 Å². The van der Waals surface area contributed by atoms with Crippen LogP contribution in [0.1, 0.15) is 32.8 Å². The number of rotatable bonds is 11. The van der Waals surface area contributed by atoms with Crippen molar-refractivity contribution in [2.24, 2.45) is 4.99 Å². The van der Waals surface area contributed by atoms with Crippen LogP contribution in [0.2, 0.25) is 0 Å². The quantitative estimate of drug-likeness (QED) is 0.452.